The number of hydroxylamine groups is 1. The molecule has 0 spiro atoms. The van der Waals surface area contributed by atoms with Crippen molar-refractivity contribution in [3.8, 4) is 12.3 Å². The van der Waals surface area contributed by atoms with Crippen molar-refractivity contribution in [3.05, 3.63) is 58.4 Å². The lowest BCUT2D eigenvalue weighted by atomic mass is 10.1. The molecular formula is C21H20F3N3O6. The van der Waals surface area contributed by atoms with Crippen molar-refractivity contribution in [1.82, 2.24) is 5.48 Å². The lowest BCUT2D eigenvalue weighted by Gasteiger charge is -2.17. The van der Waals surface area contributed by atoms with E-state index in [4.69, 9.17) is 26.6 Å². The van der Waals surface area contributed by atoms with Crippen molar-refractivity contribution in [2.45, 2.75) is 6.10 Å². The highest BCUT2D eigenvalue weighted by molar-refractivity contribution is 6.01. The van der Waals surface area contributed by atoms with Crippen LogP contribution in [-0.2, 0) is 9.68 Å². The predicted octanol–water partition coefficient (Wildman–Crippen LogP) is 1.19. The van der Waals surface area contributed by atoms with Crippen LogP contribution in [0.2, 0.25) is 0 Å². The van der Waals surface area contributed by atoms with Crippen LogP contribution in [0.1, 0.15) is 21.5 Å². The molecule has 33 heavy (non-hydrogen) atoms. The Kier molecular flexibility index (Phi) is 9.64. The van der Waals surface area contributed by atoms with Gasteiger partial charge in [-0.05, 0) is 24.3 Å². The molecule has 0 aliphatic rings. The quantitative estimate of drug-likeness (QED) is 0.145. The van der Waals surface area contributed by atoms with E-state index in [-0.39, 0.29) is 24.5 Å². The molecule has 5 N–H and O–H groups in total. The molecule has 12 heteroatoms. The Morgan fingerprint density at radius 2 is 1.91 bits per heavy atom. The SMILES string of the molecule is C#Cc1ccc(Nc2c(C(=O)NOC(CO)CO)cc(/C=N/OCCO)c(F)c2F)c(F)c1. The number of hydrogen-bond acceptors (Lipinski definition) is 8. The zero-order valence-electron chi connectivity index (χ0n) is 17.0. The maximum Gasteiger partial charge on any atom is 0.277 e. The summed E-state index contributed by atoms with van der Waals surface area (Å²) in [5.74, 6) is -2.77. The Morgan fingerprint density at radius 3 is 2.52 bits per heavy atom. The zero-order chi connectivity index (χ0) is 24.4. The second kappa shape index (κ2) is 12.4. The highest BCUT2D eigenvalue weighted by Gasteiger charge is 2.24. The standard InChI is InChI=1S/C21H20F3N3O6/c1-2-12-3-4-17(16(22)7-12)26-20-15(21(31)27-33-14(10-29)11-30)8-13(18(23)19(20)24)9-25-32-6-5-28/h1,3-4,7-9,14,26,28-30H,5-6,10-11H2,(H,27,31)/b25-9+. The normalized spacial score (nSPS) is 11.0. The van der Waals surface area contributed by atoms with E-state index in [1.165, 1.54) is 12.1 Å². The van der Waals surface area contributed by atoms with Crippen molar-refractivity contribution >= 4 is 23.5 Å². The topological polar surface area (TPSA) is 133 Å². The molecule has 0 aliphatic carbocycles. The second-order valence-corrected chi connectivity index (χ2v) is 6.31. The summed E-state index contributed by atoms with van der Waals surface area (Å²) in [6.45, 7) is -1.87. The Labute approximate surface area is 186 Å². The summed E-state index contributed by atoms with van der Waals surface area (Å²) >= 11 is 0. The predicted molar refractivity (Wildman–Crippen MR) is 111 cm³/mol. The van der Waals surface area contributed by atoms with Crippen molar-refractivity contribution in [2.24, 2.45) is 5.16 Å². The number of aliphatic hydroxyl groups excluding tert-OH is 3. The summed E-state index contributed by atoms with van der Waals surface area (Å²) in [6, 6.07) is 4.37. The van der Waals surface area contributed by atoms with Gasteiger partial charge in [-0.2, -0.15) is 0 Å². The molecule has 0 heterocycles. The smallest absolute Gasteiger partial charge is 0.277 e. The van der Waals surface area contributed by atoms with E-state index in [9.17, 15) is 18.0 Å². The molecule has 1 amide bonds. The first-order valence-corrected chi connectivity index (χ1v) is 9.35. The van der Waals surface area contributed by atoms with Crippen LogP contribution < -0.4 is 10.8 Å². The number of carbonyl (C=O) groups is 1. The van der Waals surface area contributed by atoms with Gasteiger partial charge in [-0.1, -0.05) is 11.1 Å². The average molecular weight is 467 g/mol. The van der Waals surface area contributed by atoms with E-state index < -0.39 is 59.5 Å². The number of benzene rings is 2. The number of nitrogens with zero attached hydrogens (tertiary/aromatic N) is 1. The maximum absolute atomic E-state index is 14.9. The Morgan fingerprint density at radius 1 is 1.18 bits per heavy atom. The van der Waals surface area contributed by atoms with E-state index in [0.29, 0.717) is 0 Å². The molecule has 0 saturated carbocycles. The molecule has 0 aromatic heterocycles. The largest absolute Gasteiger partial charge is 0.393 e. The molecule has 0 bridgehead atoms. The van der Waals surface area contributed by atoms with Crippen LogP contribution in [0.5, 0.6) is 0 Å². The van der Waals surface area contributed by atoms with Crippen LogP contribution in [0, 0.1) is 29.8 Å². The average Bonchev–Trinajstić information content (AvgIpc) is 2.82. The fourth-order valence-electron chi connectivity index (χ4n) is 2.39. The van der Waals surface area contributed by atoms with Crippen molar-refractivity contribution in [2.75, 3.05) is 31.7 Å². The van der Waals surface area contributed by atoms with Crippen LogP contribution in [0.25, 0.3) is 0 Å². The highest BCUT2D eigenvalue weighted by Crippen LogP contribution is 2.30. The summed E-state index contributed by atoms with van der Waals surface area (Å²) in [5.41, 5.74) is 0.00399. The first kappa shape index (κ1) is 25.6. The number of hydrogen-bond donors (Lipinski definition) is 5. The van der Waals surface area contributed by atoms with Crippen LogP contribution in [0.4, 0.5) is 24.5 Å². The van der Waals surface area contributed by atoms with Gasteiger partial charge in [-0.25, -0.2) is 18.7 Å². The van der Waals surface area contributed by atoms with Gasteiger partial charge >= 0.3 is 0 Å². The molecule has 176 valence electrons. The zero-order valence-corrected chi connectivity index (χ0v) is 17.0. The molecule has 0 radical (unpaired) electrons. The van der Waals surface area contributed by atoms with Gasteiger partial charge in [-0.15, -0.1) is 6.42 Å². The van der Waals surface area contributed by atoms with Gasteiger partial charge in [0.1, 0.15) is 18.5 Å². The Hall–Kier alpha value is -3.63. The molecule has 9 nitrogen and oxygen atoms in total. The number of nitrogens with one attached hydrogen (secondary N) is 2. The summed E-state index contributed by atoms with van der Waals surface area (Å²) in [7, 11) is 0. The number of carbonyl (C=O) groups excluding carboxylic acids is 1. The number of oxime groups is 1. The molecule has 0 atom stereocenters. The highest BCUT2D eigenvalue weighted by atomic mass is 19.2. The molecule has 0 fully saturated rings. The minimum absolute atomic E-state index is 0.199. The van der Waals surface area contributed by atoms with E-state index in [0.717, 1.165) is 18.3 Å². The van der Waals surface area contributed by atoms with Gasteiger partial charge in [0, 0.05) is 11.1 Å². The molecule has 0 unspecified atom stereocenters. The number of terminal acetylenes is 1. The molecule has 0 saturated heterocycles. The molecule has 0 aliphatic heterocycles. The number of aliphatic hydroxyl groups is 3. The summed E-state index contributed by atoms with van der Waals surface area (Å²) in [4.78, 5) is 22.0. The van der Waals surface area contributed by atoms with E-state index >= 15 is 0 Å². The number of amides is 1. The molecule has 2 rings (SSSR count). The fourth-order valence-corrected chi connectivity index (χ4v) is 2.39. The fraction of sp³-hybridized carbons (Fsp3) is 0.238. The van der Waals surface area contributed by atoms with Crippen molar-refractivity contribution in [3.63, 3.8) is 0 Å². The van der Waals surface area contributed by atoms with E-state index in [2.05, 4.69) is 21.2 Å². The molecular weight excluding hydrogens is 447 g/mol. The Balaban J connectivity index is 2.49. The second-order valence-electron chi connectivity index (χ2n) is 6.31. The van der Waals surface area contributed by atoms with Crippen molar-refractivity contribution in [1.29, 1.82) is 0 Å². The first-order chi connectivity index (χ1) is 15.9. The number of halogens is 3. The first-order valence-electron chi connectivity index (χ1n) is 9.35. The van der Waals surface area contributed by atoms with Crippen LogP contribution in [0.3, 0.4) is 0 Å². The minimum atomic E-state index is -1.55. The van der Waals surface area contributed by atoms with E-state index in [1.807, 2.05) is 5.48 Å². The number of rotatable bonds is 11. The third-order valence-electron chi connectivity index (χ3n) is 4.05. The lowest BCUT2D eigenvalue weighted by Crippen LogP contribution is -2.34. The van der Waals surface area contributed by atoms with Gasteiger partial charge in [0.05, 0.1) is 43.0 Å². The van der Waals surface area contributed by atoms with Gasteiger partial charge in [0.25, 0.3) is 5.91 Å². The maximum atomic E-state index is 14.9. The Bertz CT molecular complexity index is 1050. The van der Waals surface area contributed by atoms with Gasteiger partial charge < -0.3 is 25.5 Å². The van der Waals surface area contributed by atoms with Gasteiger partial charge in [0.15, 0.2) is 11.6 Å². The molecule has 2 aromatic carbocycles. The minimum Gasteiger partial charge on any atom is -0.393 e. The van der Waals surface area contributed by atoms with Crippen LogP contribution in [0.15, 0.2) is 29.4 Å². The third-order valence-corrected chi connectivity index (χ3v) is 4.05. The summed E-state index contributed by atoms with van der Waals surface area (Å²) < 4.78 is 43.9. The van der Waals surface area contributed by atoms with Crippen molar-refractivity contribution < 1.29 is 43.0 Å². The monoisotopic (exact) mass is 467 g/mol. The third kappa shape index (κ3) is 6.67. The van der Waals surface area contributed by atoms with E-state index in [1.54, 1.807) is 0 Å². The lowest BCUT2D eigenvalue weighted by molar-refractivity contribution is -0.0618. The van der Waals surface area contributed by atoms with Crippen LogP contribution in [-0.4, -0.2) is 60.0 Å². The van der Waals surface area contributed by atoms with Gasteiger partial charge in [0.2, 0.25) is 0 Å². The molecule has 2 aromatic rings. The summed E-state index contributed by atoms with van der Waals surface area (Å²) in [5, 5.41) is 32.4. The van der Waals surface area contributed by atoms with Crippen LogP contribution >= 0.6 is 0 Å². The number of anilines is 2. The van der Waals surface area contributed by atoms with Gasteiger partial charge in [-0.3, -0.25) is 9.63 Å². The summed E-state index contributed by atoms with van der Waals surface area (Å²) in [6.07, 6.45) is 4.78.